The van der Waals surface area contributed by atoms with Gasteiger partial charge in [0.25, 0.3) is 0 Å². The zero-order valence-corrected chi connectivity index (χ0v) is 12.2. The summed E-state index contributed by atoms with van der Waals surface area (Å²) in [5.41, 5.74) is 0.0891. The van der Waals surface area contributed by atoms with Crippen molar-refractivity contribution < 1.29 is 13.2 Å². The summed E-state index contributed by atoms with van der Waals surface area (Å²) in [7, 11) is 1.94. The highest BCUT2D eigenvalue weighted by molar-refractivity contribution is 6.21. The van der Waals surface area contributed by atoms with Gasteiger partial charge in [-0.3, -0.25) is 4.90 Å². The number of hydrogen-bond donors (Lipinski definition) is 0. The van der Waals surface area contributed by atoms with Crippen LogP contribution in [0.1, 0.15) is 36.8 Å². The van der Waals surface area contributed by atoms with Crippen LogP contribution >= 0.6 is 11.6 Å². The topological polar surface area (TPSA) is 3.24 Å². The number of halogens is 4. The van der Waals surface area contributed by atoms with Gasteiger partial charge in [0.15, 0.2) is 0 Å². The van der Waals surface area contributed by atoms with Crippen molar-refractivity contribution >= 4 is 11.6 Å². The van der Waals surface area contributed by atoms with E-state index < -0.39 is 11.7 Å². The van der Waals surface area contributed by atoms with Crippen LogP contribution in [0, 0.1) is 0 Å². The van der Waals surface area contributed by atoms with Gasteiger partial charge in [0, 0.05) is 18.0 Å². The van der Waals surface area contributed by atoms with Crippen molar-refractivity contribution in [3.8, 4) is 0 Å². The Morgan fingerprint density at radius 3 is 2.60 bits per heavy atom. The zero-order valence-electron chi connectivity index (χ0n) is 11.5. The van der Waals surface area contributed by atoms with Gasteiger partial charge in [-0.15, -0.1) is 11.6 Å². The molecule has 1 fully saturated rings. The summed E-state index contributed by atoms with van der Waals surface area (Å²) in [4.78, 5) is 2.08. The Labute approximate surface area is 122 Å². The third-order valence-electron chi connectivity index (χ3n) is 3.90. The Morgan fingerprint density at radius 1 is 1.25 bits per heavy atom. The minimum absolute atomic E-state index is 0.0968. The predicted molar refractivity (Wildman–Crippen MR) is 74.8 cm³/mol. The quantitative estimate of drug-likeness (QED) is 0.732. The van der Waals surface area contributed by atoms with Gasteiger partial charge in [0.05, 0.1) is 5.56 Å². The molecular weight excluding hydrogens is 287 g/mol. The number of benzene rings is 1. The van der Waals surface area contributed by atoms with E-state index in [1.165, 1.54) is 12.1 Å². The molecule has 0 bridgehead atoms. The van der Waals surface area contributed by atoms with Crippen molar-refractivity contribution in [3.05, 3.63) is 35.4 Å². The molecule has 0 N–H and O–H groups in total. The molecule has 2 rings (SSSR count). The highest BCUT2D eigenvalue weighted by Crippen LogP contribution is 2.31. The maximum Gasteiger partial charge on any atom is 0.416 e. The maximum absolute atomic E-state index is 12.7. The molecule has 112 valence electrons. The lowest BCUT2D eigenvalue weighted by Crippen LogP contribution is -2.40. The highest BCUT2D eigenvalue weighted by Gasteiger charge is 2.31. The Morgan fingerprint density at radius 2 is 1.95 bits per heavy atom. The molecule has 0 radical (unpaired) electrons. The molecule has 5 heteroatoms. The lowest BCUT2D eigenvalue weighted by molar-refractivity contribution is -0.137. The highest BCUT2D eigenvalue weighted by atomic mass is 35.5. The molecule has 1 saturated carbocycles. The lowest BCUT2D eigenvalue weighted by atomic mass is 9.93. The minimum Gasteiger partial charge on any atom is -0.298 e. The van der Waals surface area contributed by atoms with Crippen LogP contribution in [0.2, 0.25) is 0 Å². The second-order valence-electron chi connectivity index (χ2n) is 5.48. The van der Waals surface area contributed by atoms with Crippen molar-refractivity contribution in [2.24, 2.45) is 0 Å². The number of rotatable bonds is 3. The summed E-state index contributed by atoms with van der Waals surface area (Å²) < 4.78 is 38.1. The van der Waals surface area contributed by atoms with E-state index >= 15 is 0 Å². The Bertz CT molecular complexity index is 447. The van der Waals surface area contributed by atoms with Crippen molar-refractivity contribution in [1.82, 2.24) is 4.90 Å². The maximum atomic E-state index is 12.7. The second kappa shape index (κ2) is 6.35. The molecule has 0 saturated heterocycles. The molecule has 1 aliphatic rings. The third-order valence-corrected chi connectivity index (χ3v) is 4.41. The average Bonchev–Trinajstić information content (AvgIpc) is 2.38. The monoisotopic (exact) mass is 305 g/mol. The molecule has 0 aromatic heterocycles. The van der Waals surface area contributed by atoms with E-state index in [1.807, 2.05) is 7.05 Å². The summed E-state index contributed by atoms with van der Waals surface area (Å²) in [5, 5.41) is 0.0968. The van der Waals surface area contributed by atoms with Crippen LogP contribution in [0.15, 0.2) is 24.3 Å². The second-order valence-corrected chi connectivity index (χ2v) is 6.04. The van der Waals surface area contributed by atoms with E-state index in [2.05, 4.69) is 4.90 Å². The van der Waals surface area contributed by atoms with E-state index in [9.17, 15) is 13.2 Å². The van der Waals surface area contributed by atoms with Crippen LogP contribution in [0.5, 0.6) is 0 Å². The van der Waals surface area contributed by atoms with Gasteiger partial charge >= 0.3 is 6.18 Å². The standard InChI is InChI=1S/C15H19ClF3N/c1-20(14-8-3-2-7-13(14)16)10-11-5-4-6-12(9-11)15(17,18)19/h4-6,9,13-14H,2-3,7-8,10H2,1H3. The fraction of sp³-hybridized carbons (Fsp3) is 0.600. The molecule has 1 aromatic rings. The number of nitrogens with zero attached hydrogens (tertiary/aromatic N) is 1. The van der Waals surface area contributed by atoms with Gasteiger partial charge < -0.3 is 0 Å². The van der Waals surface area contributed by atoms with Gasteiger partial charge in [-0.05, 0) is 31.5 Å². The van der Waals surface area contributed by atoms with Crippen LogP contribution in [0.4, 0.5) is 13.2 Å². The lowest BCUT2D eigenvalue weighted by Gasteiger charge is -2.35. The predicted octanol–water partition coefficient (Wildman–Crippen LogP) is 4.69. The molecule has 0 aliphatic heterocycles. The normalized spacial score (nSPS) is 24.1. The summed E-state index contributed by atoms with van der Waals surface area (Å²) in [5.74, 6) is 0. The summed E-state index contributed by atoms with van der Waals surface area (Å²) in [6.45, 7) is 0.498. The van der Waals surface area contributed by atoms with E-state index in [0.717, 1.165) is 31.7 Å². The van der Waals surface area contributed by atoms with E-state index in [1.54, 1.807) is 6.07 Å². The van der Waals surface area contributed by atoms with Crippen molar-refractivity contribution in [2.75, 3.05) is 7.05 Å². The van der Waals surface area contributed by atoms with E-state index in [4.69, 9.17) is 11.6 Å². The van der Waals surface area contributed by atoms with E-state index in [0.29, 0.717) is 12.1 Å². The van der Waals surface area contributed by atoms with Crippen LogP contribution in [-0.4, -0.2) is 23.4 Å². The third kappa shape index (κ3) is 3.89. The van der Waals surface area contributed by atoms with Crippen LogP contribution in [0.3, 0.4) is 0 Å². The van der Waals surface area contributed by atoms with Gasteiger partial charge in [-0.25, -0.2) is 0 Å². The molecule has 20 heavy (non-hydrogen) atoms. The molecule has 1 aliphatic carbocycles. The molecule has 2 unspecified atom stereocenters. The Kier molecular flexibility index (Phi) is 4.97. The molecule has 0 heterocycles. The van der Waals surface area contributed by atoms with Crippen molar-refractivity contribution in [2.45, 2.75) is 49.8 Å². The summed E-state index contributed by atoms with van der Waals surface area (Å²) in [6.07, 6.45) is 0.000103. The van der Waals surface area contributed by atoms with Crippen molar-refractivity contribution in [1.29, 1.82) is 0 Å². The summed E-state index contributed by atoms with van der Waals surface area (Å²) >= 11 is 6.33. The van der Waals surface area contributed by atoms with E-state index in [-0.39, 0.29) is 11.4 Å². The fourth-order valence-corrected chi connectivity index (χ4v) is 3.29. The first kappa shape index (κ1) is 15.6. The van der Waals surface area contributed by atoms with Crippen LogP contribution < -0.4 is 0 Å². The molecule has 0 amide bonds. The Hall–Kier alpha value is -0.740. The first-order chi connectivity index (χ1) is 9.38. The molecule has 0 spiro atoms. The van der Waals surface area contributed by atoms with Crippen molar-refractivity contribution in [3.63, 3.8) is 0 Å². The number of alkyl halides is 4. The largest absolute Gasteiger partial charge is 0.416 e. The van der Waals surface area contributed by atoms with Gasteiger partial charge in [0.1, 0.15) is 0 Å². The van der Waals surface area contributed by atoms with Gasteiger partial charge in [0.2, 0.25) is 0 Å². The fourth-order valence-electron chi connectivity index (χ4n) is 2.81. The minimum atomic E-state index is -4.28. The first-order valence-electron chi connectivity index (χ1n) is 6.88. The first-order valence-corrected chi connectivity index (χ1v) is 7.32. The average molecular weight is 306 g/mol. The molecule has 1 nitrogen and oxygen atoms in total. The van der Waals surface area contributed by atoms with Gasteiger partial charge in [-0.1, -0.05) is 31.0 Å². The van der Waals surface area contributed by atoms with Crippen LogP contribution in [0.25, 0.3) is 0 Å². The van der Waals surface area contributed by atoms with Crippen LogP contribution in [-0.2, 0) is 12.7 Å². The SMILES string of the molecule is CN(Cc1cccc(C(F)(F)F)c1)C1CCCCC1Cl. The molecule has 2 atom stereocenters. The molecule has 1 aromatic carbocycles. The summed E-state index contributed by atoms with van der Waals surface area (Å²) in [6, 6.07) is 5.78. The number of hydrogen-bond acceptors (Lipinski definition) is 1. The Balaban J connectivity index is 2.05. The van der Waals surface area contributed by atoms with Gasteiger partial charge in [-0.2, -0.15) is 13.2 Å². The smallest absolute Gasteiger partial charge is 0.298 e. The molecular formula is C15H19ClF3N. The zero-order chi connectivity index (χ0) is 14.8.